The van der Waals surface area contributed by atoms with Crippen molar-refractivity contribution in [1.82, 2.24) is 20.8 Å². The Morgan fingerprint density at radius 1 is 1.47 bits per heavy atom. The fraction of sp³-hybridized carbons (Fsp3) is 0.636. The first-order valence-corrected chi connectivity index (χ1v) is 6.10. The summed E-state index contributed by atoms with van der Waals surface area (Å²) in [6.45, 7) is 2.63. The first-order valence-electron chi connectivity index (χ1n) is 6.10. The summed E-state index contributed by atoms with van der Waals surface area (Å²) in [4.78, 5) is 25.8. The molecule has 0 aliphatic carbocycles. The largest absolute Gasteiger partial charge is 0.481 e. The number of carbonyl (C=O) groups excluding carboxylic acids is 1. The number of hydrogen-bond donors (Lipinski definition) is 3. The van der Waals surface area contributed by atoms with E-state index in [2.05, 4.69) is 25.3 Å². The van der Waals surface area contributed by atoms with Gasteiger partial charge in [-0.25, -0.2) is 4.79 Å². The van der Waals surface area contributed by atoms with Gasteiger partial charge in [0.15, 0.2) is 5.82 Å². The number of aliphatic carboxylic acids is 1. The van der Waals surface area contributed by atoms with E-state index in [1.54, 1.807) is 0 Å². The normalized spacial score (nSPS) is 11.8. The number of carboxylic acids is 1. The van der Waals surface area contributed by atoms with Gasteiger partial charge in [-0.15, -0.1) is 0 Å². The van der Waals surface area contributed by atoms with Gasteiger partial charge < -0.3 is 20.3 Å². The average Bonchev–Trinajstić information content (AvgIpc) is 2.87. The molecule has 0 saturated heterocycles. The fourth-order valence-electron chi connectivity index (χ4n) is 1.50. The molecular formula is C11H18N4O4. The van der Waals surface area contributed by atoms with Gasteiger partial charge in [-0.3, -0.25) is 4.79 Å². The molecular weight excluding hydrogens is 252 g/mol. The van der Waals surface area contributed by atoms with E-state index >= 15 is 0 Å². The summed E-state index contributed by atoms with van der Waals surface area (Å²) >= 11 is 0. The Morgan fingerprint density at radius 3 is 2.84 bits per heavy atom. The molecule has 3 N–H and O–H groups in total. The third kappa shape index (κ3) is 6.39. The number of carbonyl (C=O) groups is 2. The van der Waals surface area contributed by atoms with E-state index < -0.39 is 5.97 Å². The van der Waals surface area contributed by atoms with Gasteiger partial charge in [-0.05, 0) is 5.92 Å². The molecule has 1 aromatic rings. The van der Waals surface area contributed by atoms with E-state index in [1.165, 1.54) is 6.39 Å². The van der Waals surface area contributed by atoms with Crippen molar-refractivity contribution in [2.75, 3.05) is 13.1 Å². The molecule has 8 nitrogen and oxygen atoms in total. The van der Waals surface area contributed by atoms with Gasteiger partial charge in [0, 0.05) is 25.9 Å². The Bertz CT molecular complexity index is 393. The van der Waals surface area contributed by atoms with Crippen LogP contribution in [-0.2, 0) is 11.2 Å². The Balaban J connectivity index is 2.14. The van der Waals surface area contributed by atoms with E-state index in [4.69, 9.17) is 5.11 Å². The molecule has 1 heterocycles. The predicted octanol–water partition coefficient (Wildman–Crippen LogP) is 0.412. The van der Waals surface area contributed by atoms with Crippen LogP contribution in [0, 0.1) is 5.92 Å². The highest BCUT2D eigenvalue weighted by Crippen LogP contribution is 2.06. The molecule has 1 rings (SSSR count). The van der Waals surface area contributed by atoms with Gasteiger partial charge in [0.2, 0.25) is 6.39 Å². The summed E-state index contributed by atoms with van der Waals surface area (Å²) < 4.78 is 4.56. The Morgan fingerprint density at radius 2 is 2.26 bits per heavy atom. The Labute approximate surface area is 110 Å². The number of rotatable bonds is 8. The van der Waals surface area contributed by atoms with Crippen molar-refractivity contribution in [2.45, 2.75) is 26.2 Å². The van der Waals surface area contributed by atoms with Crippen LogP contribution in [0.1, 0.15) is 25.6 Å². The lowest BCUT2D eigenvalue weighted by molar-refractivity contribution is -0.138. The maximum atomic E-state index is 11.4. The number of nitrogens with one attached hydrogen (secondary N) is 2. The molecule has 106 valence electrons. The van der Waals surface area contributed by atoms with Crippen LogP contribution in [0.4, 0.5) is 4.79 Å². The minimum atomic E-state index is -0.855. The van der Waals surface area contributed by atoms with Crippen LogP contribution in [0.25, 0.3) is 0 Å². The number of carboxylic acid groups (broad SMARTS) is 1. The summed E-state index contributed by atoms with van der Waals surface area (Å²) in [6.07, 6.45) is 2.47. The molecule has 1 atom stereocenters. The molecule has 8 heteroatoms. The third-order valence-electron chi connectivity index (χ3n) is 2.63. The van der Waals surface area contributed by atoms with Crippen LogP contribution in [0.15, 0.2) is 10.9 Å². The third-order valence-corrected chi connectivity index (χ3v) is 2.63. The van der Waals surface area contributed by atoms with Gasteiger partial charge in [-0.1, -0.05) is 18.5 Å². The second-order valence-electron chi connectivity index (χ2n) is 4.11. The first-order chi connectivity index (χ1) is 9.11. The molecule has 0 bridgehead atoms. The maximum Gasteiger partial charge on any atom is 0.314 e. The smallest absolute Gasteiger partial charge is 0.314 e. The van der Waals surface area contributed by atoms with E-state index in [9.17, 15) is 9.59 Å². The summed E-state index contributed by atoms with van der Waals surface area (Å²) in [7, 11) is 0. The molecule has 0 fully saturated rings. The molecule has 1 unspecified atom stereocenters. The molecule has 19 heavy (non-hydrogen) atoms. The van der Waals surface area contributed by atoms with Crippen molar-refractivity contribution in [3.05, 3.63) is 12.2 Å². The van der Waals surface area contributed by atoms with Crippen molar-refractivity contribution >= 4 is 12.0 Å². The number of nitrogens with zero attached hydrogens (tertiary/aromatic N) is 2. The SMILES string of the molecule is CCC(CNC(=O)NCCc1ncon1)CC(=O)O. The number of amides is 2. The Hall–Kier alpha value is -2.12. The van der Waals surface area contributed by atoms with Crippen molar-refractivity contribution < 1.29 is 19.2 Å². The predicted molar refractivity (Wildman–Crippen MR) is 65.4 cm³/mol. The number of hydrogen-bond acceptors (Lipinski definition) is 5. The number of aromatic nitrogens is 2. The lowest BCUT2D eigenvalue weighted by Crippen LogP contribution is -2.39. The zero-order valence-corrected chi connectivity index (χ0v) is 10.8. The van der Waals surface area contributed by atoms with Gasteiger partial charge in [0.25, 0.3) is 0 Å². The molecule has 2 amide bonds. The molecule has 0 spiro atoms. The molecule has 0 radical (unpaired) electrons. The summed E-state index contributed by atoms with van der Waals surface area (Å²) in [5.41, 5.74) is 0. The highest BCUT2D eigenvalue weighted by atomic mass is 16.5. The van der Waals surface area contributed by atoms with Crippen LogP contribution in [0.2, 0.25) is 0 Å². The quantitative estimate of drug-likeness (QED) is 0.630. The Kier molecular flexibility index (Phi) is 6.34. The second kappa shape index (κ2) is 8.06. The molecule has 1 aromatic heterocycles. The topological polar surface area (TPSA) is 117 Å². The van der Waals surface area contributed by atoms with E-state index in [1.807, 2.05) is 6.92 Å². The second-order valence-corrected chi connectivity index (χ2v) is 4.11. The van der Waals surface area contributed by atoms with Gasteiger partial charge in [0.05, 0.1) is 0 Å². The van der Waals surface area contributed by atoms with Crippen LogP contribution in [-0.4, -0.2) is 40.3 Å². The summed E-state index contributed by atoms with van der Waals surface area (Å²) in [5, 5.41) is 17.6. The van der Waals surface area contributed by atoms with E-state index in [-0.39, 0.29) is 18.4 Å². The van der Waals surface area contributed by atoms with Crippen LogP contribution < -0.4 is 10.6 Å². The van der Waals surface area contributed by atoms with E-state index in [0.717, 1.165) is 0 Å². The van der Waals surface area contributed by atoms with E-state index in [0.29, 0.717) is 31.8 Å². The average molecular weight is 270 g/mol. The number of urea groups is 1. The molecule has 0 aliphatic rings. The van der Waals surface area contributed by atoms with Gasteiger partial charge >= 0.3 is 12.0 Å². The van der Waals surface area contributed by atoms with Gasteiger partial charge in [0.1, 0.15) is 0 Å². The van der Waals surface area contributed by atoms with Gasteiger partial charge in [-0.2, -0.15) is 4.98 Å². The molecule has 0 saturated carbocycles. The highest BCUT2D eigenvalue weighted by molar-refractivity contribution is 5.74. The first kappa shape index (κ1) is 14.9. The lowest BCUT2D eigenvalue weighted by atomic mass is 10.0. The molecule has 0 aromatic carbocycles. The summed E-state index contributed by atoms with van der Waals surface area (Å²) in [5.74, 6) is -0.385. The zero-order valence-electron chi connectivity index (χ0n) is 10.8. The van der Waals surface area contributed by atoms with Crippen molar-refractivity contribution in [1.29, 1.82) is 0 Å². The van der Waals surface area contributed by atoms with Crippen LogP contribution in [0.5, 0.6) is 0 Å². The fourth-order valence-corrected chi connectivity index (χ4v) is 1.50. The lowest BCUT2D eigenvalue weighted by Gasteiger charge is -2.13. The zero-order chi connectivity index (χ0) is 14.1. The minimum Gasteiger partial charge on any atom is -0.481 e. The minimum absolute atomic E-state index is 0.0551. The monoisotopic (exact) mass is 270 g/mol. The van der Waals surface area contributed by atoms with Crippen molar-refractivity contribution in [3.63, 3.8) is 0 Å². The van der Waals surface area contributed by atoms with Crippen molar-refractivity contribution in [3.8, 4) is 0 Å². The van der Waals surface area contributed by atoms with Crippen molar-refractivity contribution in [2.24, 2.45) is 5.92 Å². The molecule has 0 aliphatic heterocycles. The standard InChI is InChI=1S/C11H18N4O4/c1-2-8(5-10(16)17)6-13-11(18)12-4-3-9-14-7-19-15-9/h7-8H,2-6H2,1H3,(H,16,17)(H2,12,13,18). The maximum absolute atomic E-state index is 11.4. The highest BCUT2D eigenvalue weighted by Gasteiger charge is 2.12. The summed E-state index contributed by atoms with van der Waals surface area (Å²) in [6, 6.07) is -0.327. The van der Waals surface area contributed by atoms with Crippen LogP contribution >= 0.6 is 0 Å². The van der Waals surface area contributed by atoms with Crippen LogP contribution in [0.3, 0.4) is 0 Å².